The molecule has 1 atom stereocenters. The highest BCUT2D eigenvalue weighted by molar-refractivity contribution is 7.89. The van der Waals surface area contributed by atoms with E-state index < -0.39 is 16.1 Å². The van der Waals surface area contributed by atoms with Gasteiger partial charge in [-0.3, -0.25) is 0 Å². The highest BCUT2D eigenvalue weighted by Crippen LogP contribution is 2.29. The van der Waals surface area contributed by atoms with Gasteiger partial charge in [0.25, 0.3) is 0 Å². The van der Waals surface area contributed by atoms with E-state index in [-0.39, 0.29) is 16.5 Å². The van der Waals surface area contributed by atoms with Gasteiger partial charge in [0.15, 0.2) is 0 Å². The van der Waals surface area contributed by atoms with Gasteiger partial charge < -0.3 is 5.11 Å². The van der Waals surface area contributed by atoms with Crippen LogP contribution in [0.3, 0.4) is 0 Å². The zero-order valence-electron chi connectivity index (χ0n) is 13.4. The summed E-state index contributed by atoms with van der Waals surface area (Å²) in [6.45, 7) is 0.0946. The number of aliphatic hydroxyl groups is 1. The van der Waals surface area contributed by atoms with Crippen molar-refractivity contribution in [2.45, 2.75) is 17.5 Å². The summed E-state index contributed by atoms with van der Waals surface area (Å²) in [5.41, 5.74) is 0.784. The van der Waals surface area contributed by atoms with Crippen LogP contribution < -0.4 is 4.72 Å². The highest BCUT2D eigenvalue weighted by atomic mass is 35.5. The van der Waals surface area contributed by atoms with E-state index in [9.17, 15) is 13.5 Å². The summed E-state index contributed by atoms with van der Waals surface area (Å²) in [5, 5.41) is 10.8. The van der Waals surface area contributed by atoms with E-state index in [1.165, 1.54) is 29.5 Å². The Morgan fingerprint density at radius 2 is 1.77 bits per heavy atom. The van der Waals surface area contributed by atoms with E-state index in [0.29, 0.717) is 5.02 Å². The summed E-state index contributed by atoms with van der Waals surface area (Å²) >= 11 is 13.2. The topological polar surface area (TPSA) is 66.4 Å². The molecular weight excluding hydrogens is 413 g/mol. The first-order valence-electron chi connectivity index (χ1n) is 7.63. The maximum atomic E-state index is 12.4. The van der Waals surface area contributed by atoms with Gasteiger partial charge in [-0.05, 0) is 35.9 Å². The maximum Gasteiger partial charge on any atom is 0.242 e. The SMILES string of the molecule is O=S(=O)(NCc1ccc(C(O)c2ccccc2)s1)c1cc(Cl)ccc1Cl. The number of thiophene rings is 1. The molecule has 1 heterocycles. The summed E-state index contributed by atoms with van der Waals surface area (Å²) in [4.78, 5) is 1.45. The number of nitrogens with one attached hydrogen (secondary N) is 1. The lowest BCUT2D eigenvalue weighted by molar-refractivity contribution is 0.224. The second-order valence-electron chi connectivity index (χ2n) is 5.52. The molecule has 8 heteroatoms. The Bertz CT molecular complexity index is 1000. The fraction of sp³-hybridized carbons (Fsp3) is 0.111. The van der Waals surface area contributed by atoms with Crippen LogP contribution >= 0.6 is 34.5 Å². The Hall–Kier alpha value is -1.41. The zero-order chi connectivity index (χ0) is 18.7. The van der Waals surface area contributed by atoms with Gasteiger partial charge >= 0.3 is 0 Å². The smallest absolute Gasteiger partial charge is 0.242 e. The molecule has 3 aromatic rings. The first-order valence-corrected chi connectivity index (χ1v) is 10.7. The van der Waals surface area contributed by atoms with Gasteiger partial charge in [-0.2, -0.15) is 0 Å². The van der Waals surface area contributed by atoms with Crippen LogP contribution in [0.2, 0.25) is 10.0 Å². The normalized spacial score (nSPS) is 12.9. The van der Waals surface area contributed by atoms with E-state index in [1.807, 2.05) is 30.3 Å². The molecule has 0 bridgehead atoms. The molecule has 0 aliphatic rings. The summed E-state index contributed by atoms with van der Waals surface area (Å²) < 4.78 is 27.4. The zero-order valence-corrected chi connectivity index (χ0v) is 16.5. The monoisotopic (exact) mass is 427 g/mol. The lowest BCUT2D eigenvalue weighted by Crippen LogP contribution is -2.23. The van der Waals surface area contributed by atoms with Gasteiger partial charge in [-0.25, -0.2) is 13.1 Å². The lowest BCUT2D eigenvalue weighted by atomic mass is 10.1. The number of halogens is 2. The summed E-state index contributed by atoms with van der Waals surface area (Å²) in [7, 11) is -3.80. The van der Waals surface area contributed by atoms with Crippen molar-refractivity contribution in [3.05, 3.63) is 86.0 Å². The van der Waals surface area contributed by atoms with Crippen molar-refractivity contribution >= 4 is 44.6 Å². The number of hydrogen-bond donors (Lipinski definition) is 2. The van der Waals surface area contributed by atoms with Crippen LogP contribution in [-0.4, -0.2) is 13.5 Å². The molecule has 0 spiro atoms. The molecule has 136 valence electrons. The average molecular weight is 428 g/mol. The van der Waals surface area contributed by atoms with Crippen molar-refractivity contribution in [3.63, 3.8) is 0 Å². The Labute approximate surface area is 166 Å². The molecule has 2 aromatic carbocycles. The van der Waals surface area contributed by atoms with Crippen molar-refractivity contribution < 1.29 is 13.5 Å². The van der Waals surface area contributed by atoms with Crippen molar-refractivity contribution in [2.75, 3.05) is 0 Å². The van der Waals surface area contributed by atoms with Crippen molar-refractivity contribution in [3.8, 4) is 0 Å². The third kappa shape index (κ3) is 4.46. The first kappa shape index (κ1) is 19.4. The Morgan fingerprint density at radius 3 is 2.50 bits per heavy atom. The van der Waals surface area contributed by atoms with Crippen molar-refractivity contribution in [2.24, 2.45) is 0 Å². The highest BCUT2D eigenvalue weighted by Gasteiger charge is 2.19. The van der Waals surface area contributed by atoms with Crippen LogP contribution in [0, 0.1) is 0 Å². The summed E-state index contributed by atoms with van der Waals surface area (Å²) in [6, 6.07) is 17.1. The number of aliphatic hydroxyl groups excluding tert-OH is 1. The van der Waals surface area contributed by atoms with Crippen LogP contribution in [0.4, 0.5) is 0 Å². The molecule has 4 nitrogen and oxygen atoms in total. The number of sulfonamides is 1. The molecular formula is C18H15Cl2NO3S2. The molecule has 3 rings (SSSR count). The molecule has 1 unspecified atom stereocenters. The molecule has 0 fully saturated rings. The fourth-order valence-corrected chi connectivity index (χ4v) is 5.19. The van der Waals surface area contributed by atoms with Gasteiger partial charge in [0.2, 0.25) is 10.0 Å². The second-order valence-corrected chi connectivity index (χ2v) is 9.30. The lowest BCUT2D eigenvalue weighted by Gasteiger charge is -2.09. The standard InChI is InChI=1S/C18H15Cl2NO3S2/c19-13-6-8-15(20)17(10-13)26(23,24)21-11-14-7-9-16(25-14)18(22)12-4-2-1-3-5-12/h1-10,18,21-22H,11H2. The van der Waals surface area contributed by atoms with Gasteiger partial charge in [0.05, 0.1) is 5.02 Å². The molecule has 0 aliphatic heterocycles. The van der Waals surface area contributed by atoms with E-state index in [0.717, 1.165) is 15.3 Å². The molecule has 0 saturated carbocycles. The van der Waals surface area contributed by atoms with Gasteiger partial charge in [0, 0.05) is 21.3 Å². The van der Waals surface area contributed by atoms with Crippen LogP contribution in [0.5, 0.6) is 0 Å². The van der Waals surface area contributed by atoms with Crippen LogP contribution in [0.1, 0.15) is 21.4 Å². The quantitative estimate of drug-likeness (QED) is 0.603. The minimum Gasteiger partial charge on any atom is -0.383 e. The molecule has 2 N–H and O–H groups in total. The average Bonchev–Trinajstić information content (AvgIpc) is 3.11. The van der Waals surface area contributed by atoms with Gasteiger partial charge in [-0.15, -0.1) is 11.3 Å². The predicted molar refractivity (Wildman–Crippen MR) is 105 cm³/mol. The van der Waals surface area contributed by atoms with E-state index >= 15 is 0 Å². The minimum atomic E-state index is -3.80. The van der Waals surface area contributed by atoms with Crippen LogP contribution in [0.15, 0.2) is 65.6 Å². The molecule has 0 amide bonds. The maximum absolute atomic E-state index is 12.4. The number of benzene rings is 2. The first-order chi connectivity index (χ1) is 12.4. The van der Waals surface area contributed by atoms with Gasteiger partial charge in [0.1, 0.15) is 11.0 Å². The Balaban J connectivity index is 1.73. The fourth-order valence-electron chi connectivity index (χ4n) is 2.36. The molecule has 0 aliphatic carbocycles. The van der Waals surface area contributed by atoms with Crippen LogP contribution in [0.25, 0.3) is 0 Å². The largest absolute Gasteiger partial charge is 0.383 e. The molecule has 1 aromatic heterocycles. The van der Waals surface area contributed by atoms with E-state index in [2.05, 4.69) is 4.72 Å². The Kier molecular flexibility index (Phi) is 6.02. The van der Waals surface area contributed by atoms with Crippen LogP contribution in [-0.2, 0) is 16.6 Å². The third-order valence-electron chi connectivity index (χ3n) is 3.69. The molecule has 26 heavy (non-hydrogen) atoms. The Morgan fingerprint density at radius 1 is 1.04 bits per heavy atom. The van der Waals surface area contributed by atoms with Crippen molar-refractivity contribution in [1.82, 2.24) is 4.72 Å². The van der Waals surface area contributed by atoms with Gasteiger partial charge in [-0.1, -0.05) is 53.5 Å². The third-order valence-corrected chi connectivity index (χ3v) is 6.94. The molecule has 0 saturated heterocycles. The second kappa shape index (κ2) is 8.08. The van der Waals surface area contributed by atoms with E-state index in [1.54, 1.807) is 12.1 Å². The minimum absolute atomic E-state index is 0.0623. The summed E-state index contributed by atoms with van der Waals surface area (Å²) in [5.74, 6) is 0. The predicted octanol–water partition coefficient (Wildman–Crippen LogP) is 4.62. The number of hydrogen-bond acceptors (Lipinski definition) is 4. The van der Waals surface area contributed by atoms with Crippen molar-refractivity contribution in [1.29, 1.82) is 0 Å². The van der Waals surface area contributed by atoms with E-state index in [4.69, 9.17) is 23.2 Å². The number of rotatable bonds is 6. The summed E-state index contributed by atoms with van der Waals surface area (Å²) in [6.07, 6.45) is -0.742. The molecule has 0 radical (unpaired) electrons.